The van der Waals surface area contributed by atoms with Crippen molar-refractivity contribution >= 4 is 5.97 Å². The van der Waals surface area contributed by atoms with E-state index in [9.17, 15) is 18.1 Å². The molecule has 0 rings (SSSR count). The molecule has 5 heteroatoms. The van der Waals surface area contributed by atoms with E-state index in [0.717, 1.165) is 0 Å². The van der Waals surface area contributed by atoms with Crippen molar-refractivity contribution in [2.24, 2.45) is 0 Å². The van der Waals surface area contributed by atoms with Gasteiger partial charge in [-0.1, -0.05) is 6.92 Å². The van der Waals surface area contributed by atoms with Crippen LogP contribution >= 0.6 is 0 Å². The number of halogens is 3. The van der Waals surface area contributed by atoms with Crippen molar-refractivity contribution in [1.82, 2.24) is 0 Å². The van der Waals surface area contributed by atoms with E-state index in [2.05, 4.69) is 4.94 Å². The van der Waals surface area contributed by atoms with Gasteiger partial charge in [-0.15, -0.1) is 0 Å². The molecule has 60 valence electrons. The van der Waals surface area contributed by atoms with Crippen molar-refractivity contribution in [1.29, 1.82) is 0 Å². The summed E-state index contributed by atoms with van der Waals surface area (Å²) in [6.45, 7) is 1.34. The number of alkyl halides is 2. The number of rotatable bonds is 3. The summed E-state index contributed by atoms with van der Waals surface area (Å²) >= 11 is 0. The molecule has 0 fully saturated rings. The average Bonchev–Trinajstić information content (AvgIpc) is 2.00. The Kier molecular flexibility index (Phi) is 3.83. The Morgan fingerprint density at radius 3 is 2.40 bits per heavy atom. The normalized spacial score (nSPS) is 16.0. The summed E-state index contributed by atoms with van der Waals surface area (Å²) in [5, 5.41) is 0. The van der Waals surface area contributed by atoms with E-state index in [4.69, 9.17) is 0 Å². The van der Waals surface area contributed by atoms with Gasteiger partial charge in [0.05, 0.1) is 0 Å². The summed E-state index contributed by atoms with van der Waals surface area (Å²) in [5.74, 6) is -1.81. The second-order valence-corrected chi connectivity index (χ2v) is 1.72. The first-order valence-electron chi connectivity index (χ1n) is 2.74. The molecule has 0 spiro atoms. The molecule has 2 atom stereocenters. The topological polar surface area (TPSA) is 26.3 Å². The third-order valence-electron chi connectivity index (χ3n) is 1.01. The van der Waals surface area contributed by atoms with Gasteiger partial charge in [-0.3, -0.25) is 4.94 Å². The van der Waals surface area contributed by atoms with E-state index in [0.29, 0.717) is 0 Å². The Labute approximate surface area is 55.9 Å². The molecule has 10 heavy (non-hydrogen) atoms. The van der Waals surface area contributed by atoms with Crippen LogP contribution in [0.1, 0.15) is 13.3 Å². The van der Waals surface area contributed by atoms with Gasteiger partial charge in [0, 0.05) is 4.53 Å². The Morgan fingerprint density at radius 2 is 2.10 bits per heavy atom. The second kappa shape index (κ2) is 4.14. The molecule has 0 saturated heterocycles. The lowest BCUT2D eigenvalue weighted by atomic mass is 10.2. The van der Waals surface area contributed by atoms with Crippen LogP contribution in [0.4, 0.5) is 13.3 Å². The zero-order valence-electron chi connectivity index (χ0n) is 5.31. The number of hydrogen-bond acceptors (Lipinski definition) is 2. The van der Waals surface area contributed by atoms with Crippen molar-refractivity contribution in [3.8, 4) is 0 Å². The highest BCUT2D eigenvalue weighted by molar-refractivity contribution is 5.74. The first-order chi connectivity index (χ1) is 4.63. The molecular weight excluding hydrogens is 149 g/mol. The fourth-order valence-electron chi connectivity index (χ4n) is 0.397. The number of carbonyl (C=O) groups is 1. The summed E-state index contributed by atoms with van der Waals surface area (Å²) in [6.07, 6.45) is -4.67. The third-order valence-corrected chi connectivity index (χ3v) is 1.01. The Morgan fingerprint density at radius 1 is 1.60 bits per heavy atom. The minimum absolute atomic E-state index is 0.184. The number of carbonyl (C=O) groups excluding carboxylic acids is 1. The highest BCUT2D eigenvalue weighted by atomic mass is 19.3. The number of hydrogen-bond donors (Lipinski definition) is 0. The second-order valence-electron chi connectivity index (χ2n) is 1.72. The van der Waals surface area contributed by atoms with Crippen molar-refractivity contribution in [3.63, 3.8) is 0 Å². The highest BCUT2D eigenvalue weighted by Crippen LogP contribution is 2.09. The summed E-state index contributed by atoms with van der Waals surface area (Å²) in [5.41, 5.74) is 0. The largest absolute Gasteiger partial charge is 0.385 e. The quantitative estimate of drug-likeness (QED) is 0.618. The van der Waals surface area contributed by atoms with Gasteiger partial charge in [0.15, 0.2) is 0 Å². The van der Waals surface area contributed by atoms with Crippen LogP contribution in [0.15, 0.2) is 0 Å². The van der Waals surface area contributed by atoms with E-state index in [1.807, 2.05) is 0 Å². The maximum atomic E-state index is 12.1. The van der Waals surface area contributed by atoms with E-state index in [1.165, 1.54) is 6.92 Å². The highest BCUT2D eigenvalue weighted by Gasteiger charge is 2.28. The molecule has 2 nitrogen and oxygen atoms in total. The summed E-state index contributed by atoms with van der Waals surface area (Å²) in [6, 6.07) is 0. The lowest BCUT2D eigenvalue weighted by Crippen LogP contribution is -2.26. The molecule has 0 heterocycles. The van der Waals surface area contributed by atoms with Crippen LogP contribution in [-0.2, 0) is 9.74 Å². The van der Waals surface area contributed by atoms with Gasteiger partial charge < -0.3 is 0 Å². The standard InChI is InChI=1S/C5H7F3O2/c1-2-3(6)4(7)5(9)10-8/h3-4H,2H2,1H3. The molecule has 0 aromatic rings. The van der Waals surface area contributed by atoms with Gasteiger partial charge in [-0.25, -0.2) is 13.6 Å². The van der Waals surface area contributed by atoms with Gasteiger partial charge in [-0.05, 0) is 6.42 Å². The van der Waals surface area contributed by atoms with Crippen LogP contribution in [0.3, 0.4) is 0 Å². The Hall–Kier alpha value is -0.740. The predicted octanol–water partition coefficient (Wildman–Crippen LogP) is 1.50. The molecule has 0 aliphatic carbocycles. The smallest absolute Gasteiger partial charge is 0.251 e. The molecule has 0 aromatic carbocycles. The molecule has 0 aliphatic heterocycles. The maximum absolute atomic E-state index is 12.1. The SMILES string of the molecule is CCC(F)C(F)C(=O)OF. The molecule has 0 saturated carbocycles. The molecule has 0 amide bonds. The van der Waals surface area contributed by atoms with Crippen LogP contribution in [0.5, 0.6) is 0 Å². The Balaban J connectivity index is 3.81. The molecule has 0 bridgehead atoms. The molecular formula is C5H7F3O2. The van der Waals surface area contributed by atoms with Gasteiger partial charge >= 0.3 is 5.97 Å². The van der Waals surface area contributed by atoms with Gasteiger partial charge in [0.1, 0.15) is 6.17 Å². The van der Waals surface area contributed by atoms with Crippen molar-refractivity contribution in [2.75, 3.05) is 0 Å². The third kappa shape index (κ3) is 2.24. The van der Waals surface area contributed by atoms with Crippen LogP contribution in [0.2, 0.25) is 0 Å². The zero-order valence-corrected chi connectivity index (χ0v) is 5.31. The van der Waals surface area contributed by atoms with Crippen LogP contribution in [-0.4, -0.2) is 18.3 Å². The fraction of sp³-hybridized carbons (Fsp3) is 0.800. The Bertz CT molecular complexity index is 117. The predicted molar refractivity (Wildman–Crippen MR) is 27.3 cm³/mol. The van der Waals surface area contributed by atoms with Crippen molar-refractivity contribution in [2.45, 2.75) is 25.7 Å². The lowest BCUT2D eigenvalue weighted by Gasteiger charge is -2.05. The summed E-state index contributed by atoms with van der Waals surface area (Å²) in [7, 11) is 0. The molecule has 0 aliphatic rings. The van der Waals surface area contributed by atoms with Crippen LogP contribution < -0.4 is 0 Å². The van der Waals surface area contributed by atoms with Gasteiger partial charge in [0.2, 0.25) is 6.17 Å². The van der Waals surface area contributed by atoms with Gasteiger partial charge in [-0.2, -0.15) is 0 Å². The minimum Gasteiger partial charge on any atom is -0.251 e. The summed E-state index contributed by atoms with van der Waals surface area (Å²) in [4.78, 5) is 12.4. The zero-order chi connectivity index (χ0) is 8.15. The van der Waals surface area contributed by atoms with Crippen LogP contribution in [0.25, 0.3) is 0 Å². The molecule has 0 radical (unpaired) electrons. The van der Waals surface area contributed by atoms with Crippen molar-refractivity contribution < 1.29 is 23.0 Å². The average molecular weight is 156 g/mol. The fourth-order valence-corrected chi connectivity index (χ4v) is 0.397. The first kappa shape index (κ1) is 9.26. The molecule has 0 N–H and O–H groups in total. The monoisotopic (exact) mass is 156 g/mol. The maximum Gasteiger partial charge on any atom is 0.385 e. The molecule has 0 aromatic heterocycles. The van der Waals surface area contributed by atoms with Crippen LogP contribution in [0, 0.1) is 0 Å². The molecule has 2 unspecified atom stereocenters. The van der Waals surface area contributed by atoms with Crippen molar-refractivity contribution in [3.05, 3.63) is 0 Å². The van der Waals surface area contributed by atoms with Gasteiger partial charge in [0.25, 0.3) is 0 Å². The van der Waals surface area contributed by atoms with E-state index < -0.39 is 18.3 Å². The van der Waals surface area contributed by atoms with E-state index >= 15 is 0 Å². The first-order valence-corrected chi connectivity index (χ1v) is 2.74. The van der Waals surface area contributed by atoms with E-state index in [1.54, 1.807) is 0 Å². The lowest BCUT2D eigenvalue weighted by molar-refractivity contribution is -0.192. The van der Waals surface area contributed by atoms with E-state index in [-0.39, 0.29) is 6.42 Å². The minimum atomic E-state index is -2.50. The summed E-state index contributed by atoms with van der Waals surface area (Å²) < 4.78 is 35.1.